The number of hydrogen-bond donors (Lipinski definition) is 2. The highest BCUT2D eigenvalue weighted by Gasteiger charge is 2.36. The molecule has 7 nitrogen and oxygen atoms in total. The molecular formula is C15H19N3O4. The first kappa shape index (κ1) is 14.6. The van der Waals surface area contributed by atoms with Gasteiger partial charge in [-0.05, 0) is 18.6 Å². The van der Waals surface area contributed by atoms with Crippen LogP contribution < -0.4 is 15.5 Å². The van der Waals surface area contributed by atoms with E-state index in [1.807, 2.05) is 29.2 Å². The molecule has 0 aliphatic carbocycles. The van der Waals surface area contributed by atoms with E-state index in [1.54, 1.807) is 4.90 Å². The Balaban J connectivity index is 1.77. The molecule has 7 heteroatoms. The number of para-hydroxylation sites is 2. The summed E-state index contributed by atoms with van der Waals surface area (Å²) >= 11 is 0. The van der Waals surface area contributed by atoms with Crippen molar-refractivity contribution in [1.29, 1.82) is 0 Å². The lowest BCUT2D eigenvalue weighted by molar-refractivity contribution is -0.118. The highest BCUT2D eigenvalue weighted by Crippen LogP contribution is 2.36. The van der Waals surface area contributed by atoms with E-state index in [-0.39, 0.29) is 12.5 Å². The summed E-state index contributed by atoms with van der Waals surface area (Å²) in [6.07, 6.45) is 0.0569. The summed E-state index contributed by atoms with van der Waals surface area (Å²) in [5, 5.41) is 9.83. The fourth-order valence-corrected chi connectivity index (χ4v) is 2.76. The number of nitrogens with zero attached hydrogens (tertiary/aromatic N) is 2. The zero-order valence-electron chi connectivity index (χ0n) is 12.1. The van der Waals surface area contributed by atoms with Crippen molar-refractivity contribution in [3.05, 3.63) is 24.3 Å². The predicted octanol–water partition coefficient (Wildman–Crippen LogP) is 0.806. The van der Waals surface area contributed by atoms with Gasteiger partial charge in [0.05, 0.1) is 17.9 Å². The molecule has 0 aromatic heterocycles. The summed E-state index contributed by atoms with van der Waals surface area (Å²) in [6.45, 7) is 1.14. The lowest BCUT2D eigenvalue weighted by Gasteiger charge is -2.40. The molecule has 2 amide bonds. The van der Waals surface area contributed by atoms with E-state index < -0.39 is 18.2 Å². The van der Waals surface area contributed by atoms with Gasteiger partial charge < -0.3 is 20.5 Å². The van der Waals surface area contributed by atoms with Gasteiger partial charge in [-0.3, -0.25) is 9.69 Å². The van der Waals surface area contributed by atoms with Crippen LogP contribution in [0.5, 0.6) is 0 Å². The molecule has 0 saturated carbocycles. The van der Waals surface area contributed by atoms with Crippen LogP contribution in [0.1, 0.15) is 19.3 Å². The molecule has 3 N–H and O–H groups in total. The minimum atomic E-state index is -0.509. The van der Waals surface area contributed by atoms with Crippen molar-refractivity contribution < 1.29 is 19.4 Å². The van der Waals surface area contributed by atoms with Gasteiger partial charge in [-0.25, -0.2) is 4.79 Å². The zero-order chi connectivity index (χ0) is 15.7. The second-order valence-electron chi connectivity index (χ2n) is 5.57. The molecule has 0 spiro atoms. The van der Waals surface area contributed by atoms with Crippen molar-refractivity contribution in [3.8, 4) is 0 Å². The van der Waals surface area contributed by atoms with E-state index in [4.69, 9.17) is 10.5 Å². The van der Waals surface area contributed by atoms with Gasteiger partial charge >= 0.3 is 6.09 Å². The number of hydrogen-bond acceptors (Lipinski definition) is 5. The van der Waals surface area contributed by atoms with E-state index in [1.165, 1.54) is 0 Å². The Hall–Kier alpha value is -2.28. The summed E-state index contributed by atoms with van der Waals surface area (Å²) in [7, 11) is 0. The molecule has 2 aliphatic heterocycles. The molecule has 2 atom stereocenters. The number of cyclic esters (lactones) is 1. The maximum Gasteiger partial charge on any atom is 0.414 e. The van der Waals surface area contributed by atoms with Crippen LogP contribution in [0.25, 0.3) is 0 Å². The molecule has 22 heavy (non-hydrogen) atoms. The molecule has 2 aliphatic rings. The monoisotopic (exact) mass is 305 g/mol. The average molecular weight is 305 g/mol. The number of primary amides is 1. The summed E-state index contributed by atoms with van der Waals surface area (Å²) in [5.74, 6) is -0.404. The van der Waals surface area contributed by atoms with E-state index in [9.17, 15) is 14.7 Å². The Morgan fingerprint density at radius 3 is 2.68 bits per heavy atom. The number of aliphatic hydroxyl groups is 1. The van der Waals surface area contributed by atoms with Crippen LogP contribution in [0, 0.1) is 0 Å². The lowest BCUT2D eigenvalue weighted by Crippen LogP contribution is -2.48. The Morgan fingerprint density at radius 1 is 1.36 bits per heavy atom. The molecule has 2 fully saturated rings. The first-order valence-electron chi connectivity index (χ1n) is 7.36. The average Bonchev–Trinajstić information content (AvgIpc) is 2.85. The number of carbonyl (C=O) groups excluding carboxylic acids is 2. The molecule has 2 unspecified atom stereocenters. The van der Waals surface area contributed by atoms with E-state index in [0.29, 0.717) is 18.7 Å². The van der Waals surface area contributed by atoms with Crippen LogP contribution in [0.3, 0.4) is 0 Å². The van der Waals surface area contributed by atoms with Crippen molar-refractivity contribution in [2.75, 3.05) is 22.9 Å². The van der Waals surface area contributed by atoms with E-state index in [0.717, 1.165) is 18.7 Å². The number of benzene rings is 1. The highest BCUT2D eigenvalue weighted by molar-refractivity contribution is 5.94. The fraction of sp³-hybridized carbons (Fsp3) is 0.467. The van der Waals surface area contributed by atoms with Gasteiger partial charge in [-0.1, -0.05) is 12.1 Å². The first-order chi connectivity index (χ1) is 10.6. The number of ether oxygens (including phenoxy) is 1. The third kappa shape index (κ3) is 2.71. The van der Waals surface area contributed by atoms with Crippen molar-refractivity contribution in [2.24, 2.45) is 5.73 Å². The fourth-order valence-electron chi connectivity index (χ4n) is 2.76. The second-order valence-corrected chi connectivity index (χ2v) is 5.57. The summed E-state index contributed by atoms with van der Waals surface area (Å²) in [5.41, 5.74) is 6.66. The largest absolute Gasteiger partial charge is 0.444 e. The normalized spacial score (nSPS) is 24.1. The molecule has 0 radical (unpaired) electrons. The first-order valence-corrected chi connectivity index (χ1v) is 7.36. The molecule has 1 aromatic rings. The minimum absolute atomic E-state index is 0.193. The van der Waals surface area contributed by atoms with Gasteiger partial charge in [-0.2, -0.15) is 0 Å². The molecule has 2 saturated heterocycles. The molecule has 1 aromatic carbocycles. The van der Waals surface area contributed by atoms with Gasteiger partial charge in [0.25, 0.3) is 0 Å². The highest BCUT2D eigenvalue weighted by atomic mass is 16.6. The molecule has 118 valence electrons. The van der Waals surface area contributed by atoms with Crippen molar-refractivity contribution in [1.82, 2.24) is 0 Å². The van der Waals surface area contributed by atoms with Crippen LogP contribution in [0.2, 0.25) is 0 Å². The van der Waals surface area contributed by atoms with Gasteiger partial charge in [0.2, 0.25) is 5.91 Å². The zero-order valence-corrected chi connectivity index (χ0v) is 12.1. The summed E-state index contributed by atoms with van der Waals surface area (Å²) in [4.78, 5) is 26.3. The third-order valence-electron chi connectivity index (χ3n) is 4.06. The molecule has 2 heterocycles. The minimum Gasteiger partial charge on any atom is -0.444 e. The number of aliphatic hydroxyl groups excluding tert-OH is 1. The molecule has 0 bridgehead atoms. The summed E-state index contributed by atoms with van der Waals surface area (Å²) in [6, 6.07) is 7.42. The number of anilines is 2. The summed E-state index contributed by atoms with van der Waals surface area (Å²) < 4.78 is 5.29. The maximum atomic E-state index is 12.1. The van der Waals surface area contributed by atoms with Gasteiger partial charge in [0.15, 0.2) is 0 Å². The lowest BCUT2D eigenvalue weighted by atomic mass is 10.1. The van der Waals surface area contributed by atoms with E-state index >= 15 is 0 Å². The standard InChI is InChI=1S/C15H19N3O4/c16-13(19)6-5-10-9-18(15(21)22-10)12-4-2-1-3-11(12)17-8-7-14(17)20/h1-4,10,14,20H,5-9H2,(H2,16,19). The van der Waals surface area contributed by atoms with Crippen LogP contribution in [0.4, 0.5) is 16.2 Å². The smallest absolute Gasteiger partial charge is 0.414 e. The predicted molar refractivity (Wildman–Crippen MR) is 80.5 cm³/mol. The van der Waals surface area contributed by atoms with Crippen LogP contribution in [0.15, 0.2) is 24.3 Å². The third-order valence-corrected chi connectivity index (χ3v) is 4.06. The second kappa shape index (κ2) is 5.84. The number of amides is 2. The Morgan fingerprint density at radius 2 is 2.09 bits per heavy atom. The number of nitrogens with two attached hydrogens (primary N) is 1. The Bertz CT molecular complexity index is 592. The topological polar surface area (TPSA) is 96.1 Å². The van der Waals surface area contributed by atoms with Crippen LogP contribution in [-0.2, 0) is 9.53 Å². The maximum absolute atomic E-state index is 12.1. The van der Waals surface area contributed by atoms with E-state index in [2.05, 4.69) is 0 Å². The quantitative estimate of drug-likeness (QED) is 0.839. The van der Waals surface area contributed by atoms with Crippen molar-refractivity contribution in [2.45, 2.75) is 31.6 Å². The van der Waals surface area contributed by atoms with Gasteiger partial charge in [0, 0.05) is 19.4 Å². The van der Waals surface area contributed by atoms with Gasteiger partial charge in [-0.15, -0.1) is 0 Å². The van der Waals surface area contributed by atoms with Crippen LogP contribution >= 0.6 is 0 Å². The number of rotatable bonds is 5. The van der Waals surface area contributed by atoms with Crippen LogP contribution in [-0.4, -0.2) is 42.5 Å². The molecule has 3 rings (SSSR count). The SMILES string of the molecule is NC(=O)CCC1CN(c2ccccc2N2CCC2O)C(=O)O1. The van der Waals surface area contributed by atoms with Gasteiger partial charge in [0.1, 0.15) is 12.3 Å². The Labute approximate surface area is 128 Å². The van der Waals surface area contributed by atoms with Crippen molar-refractivity contribution in [3.63, 3.8) is 0 Å². The van der Waals surface area contributed by atoms with Crippen molar-refractivity contribution >= 4 is 23.4 Å². The number of carbonyl (C=O) groups is 2. The molecular weight excluding hydrogens is 286 g/mol. The Kier molecular flexibility index (Phi) is 3.89.